The van der Waals surface area contributed by atoms with Gasteiger partial charge in [-0.3, -0.25) is 9.69 Å². The zero-order chi connectivity index (χ0) is 20.4. The predicted molar refractivity (Wildman–Crippen MR) is 124 cm³/mol. The number of benzene rings is 2. The number of hydrogen-bond acceptors (Lipinski definition) is 5. The maximum Gasteiger partial charge on any atom is 0.341 e. The smallest absolute Gasteiger partial charge is 0.341 e. The second kappa shape index (κ2) is 9.60. The Hall–Kier alpha value is -2.41. The number of nitrogens with one attached hydrogen (secondary N) is 1. The predicted octanol–water partition coefficient (Wildman–Crippen LogP) is 4.67. The summed E-state index contributed by atoms with van der Waals surface area (Å²) in [6, 6.07) is 14.0. The molecule has 0 saturated heterocycles. The van der Waals surface area contributed by atoms with Crippen LogP contribution < -0.4 is 5.32 Å². The van der Waals surface area contributed by atoms with Crippen molar-refractivity contribution < 1.29 is 14.3 Å². The fourth-order valence-corrected chi connectivity index (χ4v) is 5.22. The molecular weight excluding hydrogens is 420 g/mol. The van der Waals surface area contributed by atoms with Crippen molar-refractivity contribution in [3.63, 3.8) is 0 Å². The molecule has 3 aromatic rings. The highest BCUT2D eigenvalue weighted by Gasteiger charge is 2.28. The van der Waals surface area contributed by atoms with Crippen LogP contribution in [0.25, 0.3) is 10.8 Å². The topological polar surface area (TPSA) is 58.6 Å². The molecule has 0 bridgehead atoms. The number of halogens is 1. The number of fused-ring (bicyclic) bond motifs is 2. The van der Waals surface area contributed by atoms with Gasteiger partial charge in [-0.15, -0.1) is 23.7 Å². The van der Waals surface area contributed by atoms with E-state index < -0.39 is 0 Å². The lowest BCUT2D eigenvalue weighted by molar-refractivity contribution is -0.115. The zero-order valence-electron chi connectivity index (χ0n) is 17.1. The standard InChI is InChI=1S/C23H24N2O3S.ClH/c1-3-25-12-11-18-19(14-25)29-22(21(18)23(27)28-2)24-20(26)13-16-9-6-8-15-7-4-5-10-17(15)16;/h4-10H,3,11-14H2,1-2H3,(H,24,26);1H. The minimum absolute atomic E-state index is 0. The van der Waals surface area contributed by atoms with Crippen LogP contribution in [0.4, 0.5) is 5.00 Å². The number of amides is 1. The van der Waals surface area contributed by atoms with Gasteiger partial charge in [-0.05, 0) is 34.9 Å². The molecular formula is C23H25ClN2O3S. The van der Waals surface area contributed by atoms with Gasteiger partial charge in [-0.2, -0.15) is 0 Å². The van der Waals surface area contributed by atoms with Crippen LogP contribution in [0.2, 0.25) is 0 Å². The molecule has 30 heavy (non-hydrogen) atoms. The van der Waals surface area contributed by atoms with Crippen LogP contribution in [0.5, 0.6) is 0 Å². The van der Waals surface area contributed by atoms with E-state index in [0.29, 0.717) is 10.6 Å². The third-order valence-corrected chi connectivity index (χ3v) is 6.59. The van der Waals surface area contributed by atoms with Crippen molar-refractivity contribution in [1.29, 1.82) is 0 Å². The lowest BCUT2D eigenvalue weighted by atomic mass is 10.0. The quantitative estimate of drug-likeness (QED) is 0.581. The molecule has 4 rings (SSSR count). The second-order valence-corrected chi connectivity index (χ2v) is 8.29. The number of anilines is 1. The first-order valence-electron chi connectivity index (χ1n) is 9.82. The number of esters is 1. The minimum Gasteiger partial charge on any atom is -0.465 e. The number of nitrogens with zero attached hydrogens (tertiary/aromatic N) is 1. The van der Waals surface area contributed by atoms with Gasteiger partial charge in [0, 0.05) is 18.0 Å². The highest BCUT2D eigenvalue weighted by atomic mass is 35.5. The summed E-state index contributed by atoms with van der Waals surface area (Å²) in [5.41, 5.74) is 2.51. The first kappa shape index (κ1) is 22.3. The molecule has 0 unspecified atom stereocenters. The monoisotopic (exact) mass is 444 g/mol. The Kier molecular flexibility index (Phi) is 7.13. The molecule has 1 aliphatic heterocycles. The number of likely N-dealkylation sites (N-methyl/N-ethyl adjacent to an activating group) is 1. The largest absolute Gasteiger partial charge is 0.465 e. The van der Waals surface area contributed by atoms with E-state index in [1.54, 1.807) is 0 Å². The van der Waals surface area contributed by atoms with Gasteiger partial charge in [-0.25, -0.2) is 4.79 Å². The average Bonchev–Trinajstić information content (AvgIpc) is 3.10. The first-order chi connectivity index (χ1) is 14.1. The van der Waals surface area contributed by atoms with E-state index in [1.165, 1.54) is 18.4 Å². The number of carbonyl (C=O) groups is 2. The molecule has 0 fully saturated rings. The molecule has 158 valence electrons. The number of methoxy groups -OCH3 is 1. The second-order valence-electron chi connectivity index (χ2n) is 7.18. The summed E-state index contributed by atoms with van der Waals surface area (Å²) >= 11 is 1.49. The summed E-state index contributed by atoms with van der Waals surface area (Å²) in [5.74, 6) is -0.509. The summed E-state index contributed by atoms with van der Waals surface area (Å²) in [5, 5.41) is 5.77. The summed E-state index contributed by atoms with van der Waals surface area (Å²) in [7, 11) is 1.38. The van der Waals surface area contributed by atoms with Crippen LogP contribution in [0.3, 0.4) is 0 Å². The lowest BCUT2D eigenvalue weighted by Crippen LogP contribution is -2.30. The highest BCUT2D eigenvalue weighted by Crippen LogP contribution is 2.37. The molecule has 0 radical (unpaired) electrons. The Balaban J connectivity index is 0.00000256. The third kappa shape index (κ3) is 4.36. The summed E-state index contributed by atoms with van der Waals surface area (Å²) in [6.45, 7) is 4.81. The molecule has 0 aliphatic carbocycles. The number of carbonyl (C=O) groups excluding carboxylic acids is 2. The van der Waals surface area contributed by atoms with Gasteiger partial charge in [0.2, 0.25) is 5.91 Å². The number of rotatable bonds is 5. The highest BCUT2D eigenvalue weighted by molar-refractivity contribution is 7.17. The average molecular weight is 445 g/mol. The third-order valence-electron chi connectivity index (χ3n) is 5.46. The van der Waals surface area contributed by atoms with Gasteiger partial charge >= 0.3 is 5.97 Å². The Morgan fingerprint density at radius 1 is 1.17 bits per heavy atom. The number of hydrogen-bond donors (Lipinski definition) is 1. The van der Waals surface area contributed by atoms with E-state index in [0.717, 1.165) is 52.8 Å². The van der Waals surface area contributed by atoms with Gasteiger partial charge in [0.1, 0.15) is 5.00 Å². The summed E-state index contributed by atoms with van der Waals surface area (Å²) in [4.78, 5) is 28.8. The Morgan fingerprint density at radius 3 is 2.70 bits per heavy atom. The maximum atomic E-state index is 12.9. The molecule has 5 nitrogen and oxygen atoms in total. The summed E-state index contributed by atoms with van der Waals surface area (Å²) in [6.07, 6.45) is 1.05. The normalized spacial score (nSPS) is 13.4. The minimum atomic E-state index is -0.382. The van der Waals surface area contributed by atoms with Crippen molar-refractivity contribution in [2.24, 2.45) is 0 Å². The van der Waals surface area contributed by atoms with Crippen LogP contribution in [0, 0.1) is 0 Å². The Bertz CT molecular complexity index is 1070. The van der Waals surface area contributed by atoms with Gasteiger partial charge < -0.3 is 10.1 Å². The molecule has 2 heterocycles. The zero-order valence-corrected chi connectivity index (χ0v) is 18.7. The van der Waals surface area contributed by atoms with E-state index in [2.05, 4.69) is 17.1 Å². The SMILES string of the molecule is CCN1CCc2c(sc(NC(=O)Cc3cccc4ccccc34)c2C(=O)OC)C1.Cl. The molecule has 1 aliphatic rings. The maximum absolute atomic E-state index is 12.9. The molecule has 2 aromatic carbocycles. The van der Waals surface area contributed by atoms with E-state index in [1.807, 2.05) is 42.5 Å². The van der Waals surface area contributed by atoms with Crippen LogP contribution in [-0.4, -0.2) is 37.0 Å². The van der Waals surface area contributed by atoms with Crippen molar-refractivity contribution in [2.75, 3.05) is 25.5 Å². The number of thiophene rings is 1. The van der Waals surface area contributed by atoms with Crippen LogP contribution in [0.1, 0.15) is 33.3 Å². The van der Waals surface area contributed by atoms with E-state index in [9.17, 15) is 9.59 Å². The lowest BCUT2D eigenvalue weighted by Gasteiger charge is -2.25. The summed E-state index contributed by atoms with van der Waals surface area (Å²) < 4.78 is 5.01. The Labute approximate surface area is 186 Å². The first-order valence-corrected chi connectivity index (χ1v) is 10.6. The Morgan fingerprint density at radius 2 is 1.93 bits per heavy atom. The van der Waals surface area contributed by atoms with E-state index in [-0.39, 0.29) is 30.7 Å². The van der Waals surface area contributed by atoms with Crippen molar-refractivity contribution >= 4 is 51.4 Å². The molecule has 0 atom stereocenters. The molecule has 0 spiro atoms. The molecule has 7 heteroatoms. The van der Waals surface area contributed by atoms with Crippen molar-refractivity contribution in [1.82, 2.24) is 4.90 Å². The van der Waals surface area contributed by atoms with Gasteiger partial charge in [0.25, 0.3) is 0 Å². The van der Waals surface area contributed by atoms with E-state index >= 15 is 0 Å². The van der Waals surface area contributed by atoms with E-state index in [4.69, 9.17) is 4.74 Å². The van der Waals surface area contributed by atoms with Crippen molar-refractivity contribution in [3.8, 4) is 0 Å². The van der Waals surface area contributed by atoms with Crippen molar-refractivity contribution in [2.45, 2.75) is 26.3 Å². The molecule has 0 saturated carbocycles. The van der Waals surface area contributed by atoms with Crippen LogP contribution in [-0.2, 0) is 28.9 Å². The number of ether oxygens (including phenoxy) is 1. The van der Waals surface area contributed by atoms with Gasteiger partial charge in [0.05, 0.1) is 19.1 Å². The fraction of sp³-hybridized carbons (Fsp3) is 0.304. The van der Waals surface area contributed by atoms with Crippen molar-refractivity contribution in [3.05, 3.63) is 64.0 Å². The fourth-order valence-electron chi connectivity index (χ4n) is 3.92. The van der Waals surface area contributed by atoms with Crippen LogP contribution in [0.15, 0.2) is 42.5 Å². The van der Waals surface area contributed by atoms with Crippen LogP contribution >= 0.6 is 23.7 Å². The van der Waals surface area contributed by atoms with Gasteiger partial charge in [0.15, 0.2) is 0 Å². The molecule has 1 aromatic heterocycles. The molecule has 1 amide bonds. The van der Waals surface area contributed by atoms with Gasteiger partial charge in [-0.1, -0.05) is 49.4 Å². The molecule has 1 N–H and O–H groups in total.